The number of hydrogen-bond acceptors (Lipinski definition) is 5. The van der Waals surface area contributed by atoms with Crippen LogP contribution in [-0.2, 0) is 9.59 Å². The third-order valence-corrected chi connectivity index (χ3v) is 13.3. The highest BCUT2D eigenvalue weighted by atomic mass is 79.9. The van der Waals surface area contributed by atoms with Crippen LogP contribution >= 0.6 is 66.8 Å². The van der Waals surface area contributed by atoms with Crippen molar-refractivity contribution in [1.82, 2.24) is 9.80 Å². The van der Waals surface area contributed by atoms with Crippen LogP contribution in [0.2, 0.25) is 10.0 Å². The zero-order valence-corrected chi connectivity index (χ0v) is 34.5. The van der Waals surface area contributed by atoms with E-state index in [9.17, 15) is 19.8 Å². The SMILES string of the molecule is O=C(/C=C/c1ccc(Sc2ccc(/C=C/C(=O)N3CCCCC3CO)c(-c3ccccc3Br)c2Cl)c(Cl)c1-c1ccccc1Br)N1CCCCC1CO. The summed E-state index contributed by atoms with van der Waals surface area (Å²) in [5, 5.41) is 20.8. The highest BCUT2D eigenvalue weighted by Crippen LogP contribution is 2.48. The second kappa shape index (κ2) is 18.6. The van der Waals surface area contributed by atoms with Gasteiger partial charge in [-0.15, -0.1) is 0 Å². The van der Waals surface area contributed by atoms with Gasteiger partial charge >= 0.3 is 0 Å². The molecule has 6 nitrogen and oxygen atoms in total. The number of aliphatic hydroxyl groups excluding tert-OH is 2. The van der Waals surface area contributed by atoms with Gasteiger partial charge in [0.15, 0.2) is 0 Å². The fourth-order valence-corrected chi connectivity index (χ4v) is 9.69. The lowest BCUT2D eigenvalue weighted by Crippen LogP contribution is -2.44. The number of rotatable bonds is 10. The molecule has 0 aliphatic carbocycles. The molecule has 4 aromatic rings. The largest absolute Gasteiger partial charge is 0.394 e. The molecule has 53 heavy (non-hydrogen) atoms. The van der Waals surface area contributed by atoms with Gasteiger partial charge in [0.1, 0.15) is 0 Å². The summed E-state index contributed by atoms with van der Waals surface area (Å²) in [4.78, 5) is 31.7. The van der Waals surface area contributed by atoms with Crippen LogP contribution in [0.25, 0.3) is 34.4 Å². The van der Waals surface area contributed by atoms with E-state index >= 15 is 0 Å². The summed E-state index contributed by atoms with van der Waals surface area (Å²) >= 11 is 23.5. The third-order valence-electron chi connectivity index (χ3n) is 9.84. The van der Waals surface area contributed by atoms with Crippen molar-refractivity contribution in [2.45, 2.75) is 60.4 Å². The predicted octanol–water partition coefficient (Wildman–Crippen LogP) is 10.8. The van der Waals surface area contributed by atoms with E-state index in [2.05, 4.69) is 31.9 Å². The smallest absolute Gasteiger partial charge is 0.246 e. The second-order valence-corrected chi connectivity index (χ2v) is 16.7. The number of piperidine rings is 2. The van der Waals surface area contributed by atoms with Crippen molar-refractivity contribution in [3.63, 3.8) is 0 Å². The molecule has 0 bridgehead atoms. The topological polar surface area (TPSA) is 81.1 Å². The third kappa shape index (κ3) is 9.16. The summed E-state index contributed by atoms with van der Waals surface area (Å²) in [5.41, 5.74) is 4.84. The molecule has 0 radical (unpaired) electrons. The maximum Gasteiger partial charge on any atom is 0.246 e. The maximum absolute atomic E-state index is 13.3. The predicted molar refractivity (Wildman–Crippen MR) is 224 cm³/mol. The number of nitrogens with zero attached hydrogens (tertiary/aromatic N) is 2. The number of carbonyl (C=O) groups is 2. The molecule has 2 amide bonds. The Morgan fingerprint density at radius 2 is 1.08 bits per heavy atom. The molecule has 2 saturated heterocycles. The highest BCUT2D eigenvalue weighted by Gasteiger charge is 2.26. The number of carbonyl (C=O) groups excluding carboxylic acids is 2. The first-order valence-corrected chi connectivity index (χ1v) is 20.9. The minimum atomic E-state index is -0.173. The fraction of sp³-hybridized carbons (Fsp3) is 0.286. The van der Waals surface area contributed by atoms with E-state index in [-0.39, 0.29) is 37.1 Å². The molecule has 2 unspecified atom stereocenters. The van der Waals surface area contributed by atoms with Crippen molar-refractivity contribution >= 4 is 90.8 Å². The Morgan fingerprint density at radius 1 is 0.660 bits per heavy atom. The Morgan fingerprint density at radius 3 is 1.47 bits per heavy atom. The zero-order valence-electron chi connectivity index (χ0n) is 29.0. The fourth-order valence-electron chi connectivity index (χ4n) is 7.05. The summed E-state index contributed by atoms with van der Waals surface area (Å²) in [6.45, 7) is 1.14. The molecule has 0 spiro atoms. The molecule has 4 aromatic carbocycles. The lowest BCUT2D eigenvalue weighted by atomic mass is 9.98. The van der Waals surface area contributed by atoms with Gasteiger partial charge in [0.25, 0.3) is 0 Å². The van der Waals surface area contributed by atoms with Crippen LogP contribution < -0.4 is 0 Å². The average Bonchev–Trinajstić information content (AvgIpc) is 3.18. The maximum atomic E-state index is 13.3. The van der Waals surface area contributed by atoms with Crippen molar-refractivity contribution in [3.8, 4) is 22.3 Å². The van der Waals surface area contributed by atoms with Crippen LogP contribution in [0, 0.1) is 0 Å². The molecule has 6 rings (SSSR count). The van der Waals surface area contributed by atoms with Crippen molar-refractivity contribution in [1.29, 1.82) is 0 Å². The molecular weight excluding hydrogens is 859 g/mol. The standard InChI is InChI=1S/C42H40Br2Cl2N2O4S/c43-33-13-3-1-11-31(33)39-27(17-21-37(51)47-23-7-5-9-29(47)25-49)15-19-35(41(39)45)53-36-20-16-28(40(42(36)46)32-12-2-4-14-34(32)44)18-22-38(52)48-24-8-6-10-30(48)26-50/h1-4,11-22,29-30,49-50H,5-10,23-26H2/b21-17+,22-18+. The van der Waals surface area contributed by atoms with Crippen LogP contribution in [0.1, 0.15) is 49.7 Å². The molecule has 276 valence electrons. The molecule has 2 aliphatic heterocycles. The van der Waals surface area contributed by atoms with E-state index in [1.165, 1.54) is 11.8 Å². The first kappa shape index (κ1) is 39.8. The summed E-state index contributed by atoms with van der Waals surface area (Å²) in [6.07, 6.45) is 12.2. The molecule has 11 heteroatoms. The van der Waals surface area contributed by atoms with Gasteiger partial charge < -0.3 is 20.0 Å². The number of aliphatic hydroxyl groups is 2. The molecule has 0 aromatic heterocycles. The summed E-state index contributed by atoms with van der Waals surface area (Å²) in [6, 6.07) is 23.1. The van der Waals surface area contributed by atoms with Crippen LogP contribution in [0.4, 0.5) is 0 Å². The monoisotopic (exact) mass is 896 g/mol. The van der Waals surface area contributed by atoms with E-state index in [1.54, 1.807) is 34.1 Å². The minimum absolute atomic E-state index is 0.0515. The van der Waals surface area contributed by atoms with E-state index in [4.69, 9.17) is 23.2 Å². The minimum Gasteiger partial charge on any atom is -0.394 e. The van der Waals surface area contributed by atoms with Crippen molar-refractivity contribution < 1.29 is 19.8 Å². The van der Waals surface area contributed by atoms with Gasteiger partial charge in [-0.05, 0) is 97.2 Å². The van der Waals surface area contributed by atoms with E-state index in [0.29, 0.717) is 23.1 Å². The van der Waals surface area contributed by atoms with Gasteiger partial charge in [-0.1, -0.05) is 115 Å². The second-order valence-electron chi connectivity index (χ2n) is 13.1. The molecule has 2 fully saturated rings. The van der Waals surface area contributed by atoms with Gasteiger partial charge in [0.2, 0.25) is 11.8 Å². The first-order chi connectivity index (χ1) is 25.7. The van der Waals surface area contributed by atoms with Gasteiger partial charge in [0.05, 0.1) is 35.3 Å². The summed E-state index contributed by atoms with van der Waals surface area (Å²) < 4.78 is 1.72. The van der Waals surface area contributed by atoms with Gasteiger partial charge in [-0.3, -0.25) is 9.59 Å². The van der Waals surface area contributed by atoms with Crippen molar-refractivity contribution in [2.24, 2.45) is 0 Å². The lowest BCUT2D eigenvalue weighted by molar-refractivity contribution is -0.131. The molecule has 2 N–H and O–H groups in total. The molecule has 2 heterocycles. The number of halogens is 4. The van der Waals surface area contributed by atoms with Crippen LogP contribution in [0.3, 0.4) is 0 Å². The molecule has 0 saturated carbocycles. The number of hydrogen-bond donors (Lipinski definition) is 2. The Kier molecular flexibility index (Phi) is 14.0. The van der Waals surface area contributed by atoms with Crippen molar-refractivity contribution in [2.75, 3.05) is 26.3 Å². The quantitative estimate of drug-likeness (QED) is 0.155. The van der Waals surface area contributed by atoms with Crippen LogP contribution in [-0.4, -0.2) is 70.2 Å². The van der Waals surface area contributed by atoms with Crippen molar-refractivity contribution in [3.05, 3.63) is 115 Å². The number of benzene rings is 4. The van der Waals surface area contributed by atoms with E-state index < -0.39 is 0 Å². The van der Waals surface area contributed by atoms with Gasteiger partial charge in [-0.25, -0.2) is 0 Å². The highest BCUT2D eigenvalue weighted by molar-refractivity contribution is 9.11. The molecule has 2 atom stereocenters. The molecule has 2 aliphatic rings. The lowest BCUT2D eigenvalue weighted by Gasteiger charge is -2.33. The van der Waals surface area contributed by atoms with Gasteiger partial charge in [0, 0.05) is 55.1 Å². The summed E-state index contributed by atoms with van der Waals surface area (Å²) in [7, 11) is 0. The Hall–Kier alpha value is -2.89. The Balaban J connectivity index is 1.37. The Labute approximate surface area is 342 Å². The molecular formula is C42H40Br2Cl2N2O4S. The normalized spacial score (nSPS) is 17.9. The number of amides is 2. The van der Waals surface area contributed by atoms with Crippen LogP contribution in [0.5, 0.6) is 0 Å². The van der Waals surface area contributed by atoms with Gasteiger partial charge in [-0.2, -0.15) is 0 Å². The average molecular weight is 900 g/mol. The number of likely N-dealkylation sites (tertiary alicyclic amines) is 2. The Bertz CT molecular complexity index is 1900. The zero-order chi connectivity index (χ0) is 37.5. The first-order valence-electron chi connectivity index (χ1n) is 17.7. The summed E-state index contributed by atoms with van der Waals surface area (Å²) in [5.74, 6) is -0.273. The van der Waals surface area contributed by atoms with Crippen LogP contribution in [0.15, 0.2) is 104 Å². The van der Waals surface area contributed by atoms with E-state index in [0.717, 1.165) is 90.6 Å². The van der Waals surface area contributed by atoms with E-state index in [1.807, 2.05) is 72.8 Å².